The SMILES string of the molecule is C=CC1C=CC=CC1(S(=O)(=O)O)S(=O)(=O)O. The Morgan fingerprint density at radius 2 is 1.62 bits per heavy atom. The number of hydrogen-bond donors (Lipinski definition) is 2. The molecule has 0 aromatic rings. The molecule has 16 heavy (non-hydrogen) atoms. The summed E-state index contributed by atoms with van der Waals surface area (Å²) in [6.45, 7) is 3.27. The molecule has 1 rings (SSSR count). The van der Waals surface area contributed by atoms with Crippen LogP contribution in [0.3, 0.4) is 0 Å². The van der Waals surface area contributed by atoms with E-state index in [0.29, 0.717) is 6.08 Å². The van der Waals surface area contributed by atoms with Gasteiger partial charge >= 0.3 is 0 Å². The molecular formula is C8H10O6S2. The minimum atomic E-state index is -5.05. The van der Waals surface area contributed by atoms with E-state index in [-0.39, 0.29) is 0 Å². The Morgan fingerprint density at radius 3 is 1.94 bits per heavy atom. The minimum Gasteiger partial charge on any atom is -0.284 e. The van der Waals surface area contributed by atoms with Crippen molar-refractivity contribution in [1.29, 1.82) is 0 Å². The van der Waals surface area contributed by atoms with Crippen molar-refractivity contribution in [3.8, 4) is 0 Å². The fraction of sp³-hybridized carbons (Fsp3) is 0.250. The van der Waals surface area contributed by atoms with Crippen LogP contribution in [0.15, 0.2) is 37.0 Å². The van der Waals surface area contributed by atoms with E-state index >= 15 is 0 Å². The van der Waals surface area contributed by atoms with Crippen LogP contribution in [0.5, 0.6) is 0 Å². The topological polar surface area (TPSA) is 109 Å². The second-order valence-electron chi connectivity index (χ2n) is 3.18. The maximum atomic E-state index is 11.2. The van der Waals surface area contributed by atoms with Crippen molar-refractivity contribution in [2.24, 2.45) is 5.92 Å². The number of hydrogen-bond acceptors (Lipinski definition) is 4. The first-order chi connectivity index (χ1) is 7.17. The summed E-state index contributed by atoms with van der Waals surface area (Å²) >= 11 is 0. The van der Waals surface area contributed by atoms with E-state index in [1.165, 1.54) is 12.2 Å². The van der Waals surface area contributed by atoms with Gasteiger partial charge in [0.1, 0.15) is 0 Å². The van der Waals surface area contributed by atoms with Gasteiger partial charge in [-0.1, -0.05) is 24.3 Å². The van der Waals surface area contributed by atoms with Crippen LogP contribution in [-0.2, 0) is 20.2 Å². The van der Waals surface area contributed by atoms with Crippen molar-refractivity contribution in [3.63, 3.8) is 0 Å². The Labute approximate surface area is 93.5 Å². The maximum Gasteiger partial charge on any atom is 0.292 e. The van der Waals surface area contributed by atoms with Gasteiger partial charge in [0.15, 0.2) is 0 Å². The Morgan fingerprint density at radius 1 is 1.12 bits per heavy atom. The summed E-state index contributed by atoms with van der Waals surface area (Å²) in [5, 5.41) is 0. The monoisotopic (exact) mass is 266 g/mol. The Hall–Kier alpha value is -0.960. The largest absolute Gasteiger partial charge is 0.292 e. The molecular weight excluding hydrogens is 256 g/mol. The predicted octanol–water partition coefficient (Wildman–Crippen LogP) is 0.387. The van der Waals surface area contributed by atoms with Crippen molar-refractivity contribution >= 4 is 20.2 Å². The van der Waals surface area contributed by atoms with Gasteiger partial charge in [-0.2, -0.15) is 16.8 Å². The van der Waals surface area contributed by atoms with Crippen molar-refractivity contribution in [1.82, 2.24) is 0 Å². The van der Waals surface area contributed by atoms with E-state index in [4.69, 9.17) is 9.11 Å². The number of allylic oxidation sites excluding steroid dienone is 4. The standard InChI is InChI=1S/C8H10O6S2/c1-2-7-5-3-4-6-8(7,15(9,10)11)16(12,13)14/h2-7H,1H2,(H,9,10,11)(H,12,13,14). The third-order valence-electron chi connectivity index (χ3n) is 2.28. The zero-order chi connectivity index (χ0) is 12.6. The highest BCUT2D eigenvalue weighted by Crippen LogP contribution is 2.37. The van der Waals surface area contributed by atoms with E-state index in [9.17, 15) is 16.8 Å². The zero-order valence-corrected chi connectivity index (χ0v) is 9.65. The summed E-state index contributed by atoms with van der Waals surface area (Å²) in [5.41, 5.74) is 0. The van der Waals surface area contributed by atoms with Crippen molar-refractivity contribution in [2.75, 3.05) is 0 Å². The van der Waals surface area contributed by atoms with Gasteiger partial charge in [0.25, 0.3) is 20.2 Å². The van der Waals surface area contributed by atoms with Gasteiger partial charge in [-0.05, 0) is 6.08 Å². The first kappa shape index (κ1) is 13.1. The van der Waals surface area contributed by atoms with Gasteiger partial charge in [0.2, 0.25) is 4.08 Å². The highest BCUT2D eigenvalue weighted by atomic mass is 32.3. The molecule has 0 spiro atoms. The summed E-state index contributed by atoms with van der Waals surface area (Å²) < 4.78 is 60.1. The van der Waals surface area contributed by atoms with E-state index < -0.39 is 30.2 Å². The molecule has 0 aromatic carbocycles. The molecule has 90 valence electrons. The average molecular weight is 266 g/mol. The molecule has 0 fully saturated rings. The normalized spacial score (nSPS) is 24.2. The lowest BCUT2D eigenvalue weighted by atomic mass is 10.00. The molecule has 0 aromatic heterocycles. The van der Waals surface area contributed by atoms with Crippen LogP contribution in [-0.4, -0.2) is 30.0 Å². The molecule has 1 aliphatic rings. The second-order valence-corrected chi connectivity index (χ2v) is 6.69. The molecule has 0 bridgehead atoms. The van der Waals surface area contributed by atoms with Gasteiger partial charge in [-0.15, -0.1) is 6.58 Å². The Bertz CT molecular complexity index is 519. The summed E-state index contributed by atoms with van der Waals surface area (Å²) in [6, 6.07) is 0. The molecule has 1 unspecified atom stereocenters. The molecule has 0 radical (unpaired) electrons. The van der Waals surface area contributed by atoms with Crippen LogP contribution in [0.1, 0.15) is 0 Å². The van der Waals surface area contributed by atoms with E-state index in [0.717, 1.165) is 12.2 Å². The van der Waals surface area contributed by atoms with E-state index in [2.05, 4.69) is 6.58 Å². The smallest absolute Gasteiger partial charge is 0.284 e. The zero-order valence-electron chi connectivity index (χ0n) is 8.02. The van der Waals surface area contributed by atoms with Crippen molar-refractivity contribution in [2.45, 2.75) is 4.08 Å². The molecule has 6 nitrogen and oxygen atoms in total. The third-order valence-corrected chi connectivity index (χ3v) is 5.98. The lowest BCUT2D eigenvalue weighted by molar-refractivity contribution is 0.424. The minimum absolute atomic E-state index is 0.712. The molecule has 0 saturated heterocycles. The fourth-order valence-electron chi connectivity index (χ4n) is 1.51. The van der Waals surface area contributed by atoms with Crippen molar-refractivity contribution < 1.29 is 25.9 Å². The third kappa shape index (κ3) is 1.73. The highest BCUT2D eigenvalue weighted by Gasteiger charge is 2.57. The Balaban J connectivity index is 3.68. The quantitative estimate of drug-likeness (QED) is 0.565. The van der Waals surface area contributed by atoms with Gasteiger partial charge in [-0.3, -0.25) is 9.11 Å². The number of rotatable bonds is 3. The summed E-state index contributed by atoms with van der Waals surface area (Å²) in [6.07, 6.45) is 5.43. The maximum absolute atomic E-state index is 11.2. The average Bonchev–Trinajstić information content (AvgIpc) is 2.14. The van der Waals surface area contributed by atoms with Crippen LogP contribution in [0, 0.1) is 5.92 Å². The molecule has 1 atom stereocenters. The molecule has 0 amide bonds. The molecule has 1 aliphatic carbocycles. The van der Waals surface area contributed by atoms with Crippen molar-refractivity contribution in [3.05, 3.63) is 37.0 Å². The lowest BCUT2D eigenvalue weighted by Gasteiger charge is -2.30. The van der Waals surface area contributed by atoms with Crippen LogP contribution < -0.4 is 0 Å². The molecule has 2 N–H and O–H groups in total. The molecule has 0 heterocycles. The van der Waals surface area contributed by atoms with Gasteiger partial charge in [0.05, 0.1) is 0 Å². The first-order valence-corrected chi connectivity index (χ1v) is 6.97. The molecule has 0 aliphatic heterocycles. The Kier molecular flexibility index (Phi) is 3.12. The van der Waals surface area contributed by atoms with Gasteiger partial charge in [-0.25, -0.2) is 0 Å². The lowest BCUT2D eigenvalue weighted by Crippen LogP contribution is -2.49. The first-order valence-electron chi connectivity index (χ1n) is 4.09. The van der Waals surface area contributed by atoms with Crippen LogP contribution in [0.4, 0.5) is 0 Å². The summed E-state index contributed by atoms with van der Waals surface area (Å²) in [7, 11) is -10.1. The second kappa shape index (κ2) is 3.81. The molecule has 0 saturated carbocycles. The summed E-state index contributed by atoms with van der Waals surface area (Å²) in [5.74, 6) is -1.26. The highest BCUT2D eigenvalue weighted by molar-refractivity contribution is 8.05. The van der Waals surface area contributed by atoms with E-state index in [1.54, 1.807) is 0 Å². The van der Waals surface area contributed by atoms with Crippen LogP contribution in [0.25, 0.3) is 0 Å². The van der Waals surface area contributed by atoms with Gasteiger partial charge < -0.3 is 0 Å². The van der Waals surface area contributed by atoms with Gasteiger partial charge in [0, 0.05) is 5.92 Å². The fourth-order valence-corrected chi connectivity index (χ4v) is 4.11. The predicted molar refractivity (Wildman–Crippen MR) is 57.8 cm³/mol. The summed E-state index contributed by atoms with van der Waals surface area (Å²) in [4.78, 5) is 0. The van der Waals surface area contributed by atoms with Crippen LogP contribution >= 0.6 is 0 Å². The van der Waals surface area contributed by atoms with E-state index in [1.807, 2.05) is 0 Å². The molecule has 8 heteroatoms. The van der Waals surface area contributed by atoms with Crippen LogP contribution in [0.2, 0.25) is 0 Å².